The van der Waals surface area contributed by atoms with Crippen LogP contribution in [0.15, 0.2) is 0 Å². The second-order valence-corrected chi connectivity index (χ2v) is 6.25. The molecule has 1 heterocycles. The van der Waals surface area contributed by atoms with Crippen molar-refractivity contribution in [1.82, 2.24) is 10.2 Å². The minimum absolute atomic E-state index is 0.00809. The molecule has 1 aliphatic heterocycles. The summed E-state index contributed by atoms with van der Waals surface area (Å²) in [5.41, 5.74) is 5.93. The first-order valence-corrected chi connectivity index (χ1v) is 7.73. The molecule has 1 amide bonds. The molecule has 1 saturated heterocycles. The largest absolute Gasteiger partial charge is 0.353 e. The number of rotatable bonds is 6. The lowest BCUT2D eigenvalue weighted by molar-refractivity contribution is -0.123. The van der Waals surface area contributed by atoms with Crippen LogP contribution in [0.25, 0.3) is 0 Å². The molecule has 112 valence electrons. The van der Waals surface area contributed by atoms with Crippen molar-refractivity contribution in [2.24, 2.45) is 17.6 Å². The highest BCUT2D eigenvalue weighted by molar-refractivity contribution is 5.81. The first-order chi connectivity index (χ1) is 8.95. The van der Waals surface area contributed by atoms with Crippen molar-refractivity contribution >= 4 is 5.91 Å². The lowest BCUT2D eigenvalue weighted by Crippen LogP contribution is -2.50. The van der Waals surface area contributed by atoms with E-state index in [1.54, 1.807) is 0 Å². The van der Waals surface area contributed by atoms with Gasteiger partial charge in [-0.15, -0.1) is 0 Å². The molecule has 0 radical (unpaired) electrons. The third-order valence-electron chi connectivity index (χ3n) is 4.44. The first kappa shape index (κ1) is 16.4. The third kappa shape index (κ3) is 5.11. The van der Waals surface area contributed by atoms with Gasteiger partial charge in [0, 0.05) is 19.1 Å². The summed E-state index contributed by atoms with van der Waals surface area (Å²) in [5, 5.41) is 3.00. The molecule has 1 rings (SSSR count). The maximum absolute atomic E-state index is 11.9. The van der Waals surface area contributed by atoms with Crippen molar-refractivity contribution in [2.75, 3.05) is 19.6 Å². The van der Waals surface area contributed by atoms with Crippen molar-refractivity contribution in [2.45, 2.75) is 59.0 Å². The second kappa shape index (κ2) is 7.85. The number of nitrogens with two attached hydrogens (primary N) is 1. The first-order valence-electron chi connectivity index (χ1n) is 7.73. The summed E-state index contributed by atoms with van der Waals surface area (Å²) < 4.78 is 0. The predicted octanol–water partition coefficient (Wildman–Crippen LogP) is 1.60. The van der Waals surface area contributed by atoms with Gasteiger partial charge in [-0.25, -0.2) is 0 Å². The predicted molar refractivity (Wildman–Crippen MR) is 79.9 cm³/mol. The molecule has 0 aromatic carbocycles. The minimum atomic E-state index is -0.377. The molecule has 0 spiro atoms. The van der Waals surface area contributed by atoms with Gasteiger partial charge < -0.3 is 11.1 Å². The highest BCUT2D eigenvalue weighted by Gasteiger charge is 2.23. The van der Waals surface area contributed by atoms with Crippen LogP contribution >= 0.6 is 0 Å². The average Bonchev–Trinajstić information content (AvgIpc) is 2.42. The minimum Gasteiger partial charge on any atom is -0.353 e. The van der Waals surface area contributed by atoms with E-state index in [4.69, 9.17) is 5.73 Å². The molecule has 4 heteroatoms. The SMILES string of the molecule is CCC(C)C(N)C(=O)NCC(C)N1CCCC(C)C1. The van der Waals surface area contributed by atoms with Gasteiger partial charge in [0.2, 0.25) is 5.91 Å². The molecular formula is C15H31N3O. The fraction of sp³-hybridized carbons (Fsp3) is 0.933. The summed E-state index contributed by atoms with van der Waals surface area (Å²) in [6.45, 7) is 11.6. The van der Waals surface area contributed by atoms with Gasteiger partial charge in [-0.05, 0) is 38.1 Å². The Kier molecular flexibility index (Phi) is 6.80. The topological polar surface area (TPSA) is 58.4 Å². The quantitative estimate of drug-likeness (QED) is 0.770. The molecule has 4 unspecified atom stereocenters. The summed E-state index contributed by atoms with van der Waals surface area (Å²) in [6.07, 6.45) is 3.54. The summed E-state index contributed by atoms with van der Waals surface area (Å²) >= 11 is 0. The van der Waals surface area contributed by atoms with Crippen molar-refractivity contribution < 1.29 is 4.79 Å². The Bertz CT molecular complexity index is 283. The number of carbonyl (C=O) groups is 1. The van der Waals surface area contributed by atoms with Gasteiger partial charge in [0.1, 0.15) is 0 Å². The van der Waals surface area contributed by atoms with Crippen LogP contribution in [0.4, 0.5) is 0 Å². The van der Waals surface area contributed by atoms with E-state index >= 15 is 0 Å². The summed E-state index contributed by atoms with van der Waals surface area (Å²) in [5.74, 6) is 1.01. The average molecular weight is 269 g/mol. The molecule has 0 saturated carbocycles. The molecule has 1 fully saturated rings. The molecule has 3 N–H and O–H groups in total. The molecule has 19 heavy (non-hydrogen) atoms. The Morgan fingerprint density at radius 2 is 2.16 bits per heavy atom. The monoisotopic (exact) mass is 269 g/mol. The molecule has 0 aromatic rings. The van der Waals surface area contributed by atoms with Crippen LogP contribution in [0.3, 0.4) is 0 Å². The number of hydrogen-bond donors (Lipinski definition) is 2. The van der Waals surface area contributed by atoms with Crippen LogP contribution in [0.2, 0.25) is 0 Å². The van der Waals surface area contributed by atoms with Gasteiger partial charge in [-0.2, -0.15) is 0 Å². The number of carbonyl (C=O) groups excluding carboxylic acids is 1. The molecule has 0 aliphatic carbocycles. The van der Waals surface area contributed by atoms with Crippen molar-refractivity contribution in [1.29, 1.82) is 0 Å². The Hall–Kier alpha value is -0.610. The maximum Gasteiger partial charge on any atom is 0.237 e. The molecular weight excluding hydrogens is 238 g/mol. The van der Waals surface area contributed by atoms with Gasteiger partial charge >= 0.3 is 0 Å². The van der Waals surface area contributed by atoms with Crippen LogP contribution < -0.4 is 11.1 Å². The van der Waals surface area contributed by atoms with E-state index in [-0.39, 0.29) is 17.9 Å². The summed E-state index contributed by atoms with van der Waals surface area (Å²) in [4.78, 5) is 14.4. The number of nitrogens with one attached hydrogen (secondary N) is 1. The maximum atomic E-state index is 11.9. The Morgan fingerprint density at radius 1 is 1.47 bits per heavy atom. The highest BCUT2D eigenvalue weighted by Crippen LogP contribution is 2.17. The Labute approximate surface area is 118 Å². The van der Waals surface area contributed by atoms with Crippen molar-refractivity contribution in [3.05, 3.63) is 0 Å². The molecule has 4 nitrogen and oxygen atoms in total. The fourth-order valence-corrected chi connectivity index (χ4v) is 2.63. The van der Waals surface area contributed by atoms with E-state index in [1.807, 2.05) is 6.92 Å². The van der Waals surface area contributed by atoms with E-state index in [1.165, 1.54) is 12.8 Å². The van der Waals surface area contributed by atoms with Crippen molar-refractivity contribution in [3.63, 3.8) is 0 Å². The zero-order valence-corrected chi connectivity index (χ0v) is 13.0. The second-order valence-electron chi connectivity index (χ2n) is 6.25. The van der Waals surface area contributed by atoms with Gasteiger partial charge in [0.05, 0.1) is 6.04 Å². The summed E-state index contributed by atoms with van der Waals surface area (Å²) in [6, 6.07) is 0.0216. The highest BCUT2D eigenvalue weighted by atomic mass is 16.2. The van der Waals surface area contributed by atoms with Gasteiger partial charge in [-0.1, -0.05) is 27.2 Å². The van der Waals surface area contributed by atoms with E-state index < -0.39 is 0 Å². The number of amides is 1. The lowest BCUT2D eigenvalue weighted by atomic mass is 9.98. The fourth-order valence-electron chi connectivity index (χ4n) is 2.63. The van der Waals surface area contributed by atoms with Crippen LogP contribution in [0.1, 0.15) is 47.0 Å². The zero-order valence-electron chi connectivity index (χ0n) is 13.0. The standard InChI is InChI=1S/C15H31N3O/c1-5-12(3)14(16)15(19)17-9-13(4)18-8-6-7-11(2)10-18/h11-14H,5-10,16H2,1-4H3,(H,17,19). The van der Waals surface area contributed by atoms with Gasteiger partial charge in [-0.3, -0.25) is 9.69 Å². The Morgan fingerprint density at radius 3 is 2.74 bits per heavy atom. The van der Waals surface area contributed by atoms with Crippen LogP contribution in [0, 0.1) is 11.8 Å². The normalized spacial score (nSPS) is 25.6. The van der Waals surface area contributed by atoms with Gasteiger partial charge in [0.25, 0.3) is 0 Å². The molecule has 0 aromatic heterocycles. The molecule has 0 bridgehead atoms. The molecule has 4 atom stereocenters. The van der Waals surface area contributed by atoms with Crippen LogP contribution in [-0.2, 0) is 4.79 Å². The van der Waals surface area contributed by atoms with Crippen molar-refractivity contribution in [3.8, 4) is 0 Å². The number of hydrogen-bond acceptors (Lipinski definition) is 3. The van der Waals surface area contributed by atoms with E-state index in [0.29, 0.717) is 12.6 Å². The van der Waals surface area contributed by atoms with Crippen LogP contribution in [-0.4, -0.2) is 42.5 Å². The van der Waals surface area contributed by atoms with E-state index in [2.05, 4.69) is 31.0 Å². The zero-order chi connectivity index (χ0) is 14.4. The lowest BCUT2D eigenvalue weighted by Gasteiger charge is -2.35. The molecule has 1 aliphatic rings. The van der Waals surface area contributed by atoms with Crippen LogP contribution in [0.5, 0.6) is 0 Å². The number of nitrogens with zero attached hydrogens (tertiary/aromatic N) is 1. The smallest absolute Gasteiger partial charge is 0.237 e. The van der Waals surface area contributed by atoms with E-state index in [0.717, 1.165) is 25.4 Å². The third-order valence-corrected chi connectivity index (χ3v) is 4.44. The number of likely N-dealkylation sites (tertiary alicyclic amines) is 1. The number of piperidine rings is 1. The Balaban J connectivity index is 2.33. The summed E-state index contributed by atoms with van der Waals surface area (Å²) in [7, 11) is 0. The van der Waals surface area contributed by atoms with Gasteiger partial charge in [0.15, 0.2) is 0 Å². The van der Waals surface area contributed by atoms with E-state index in [9.17, 15) is 4.79 Å².